The van der Waals surface area contributed by atoms with E-state index >= 15 is 0 Å². The molecule has 0 saturated carbocycles. The molecular weight excluding hydrogens is 305 g/mol. The molecule has 0 aliphatic carbocycles. The Morgan fingerprint density at radius 1 is 1.19 bits per heavy atom. The van der Waals surface area contributed by atoms with Crippen LogP contribution in [0.1, 0.15) is 12.8 Å². The van der Waals surface area contributed by atoms with Crippen LogP contribution in [0.2, 0.25) is 0 Å². The lowest BCUT2D eigenvalue weighted by Gasteiger charge is -2.38. The number of rotatable bonds is 3. The number of alkyl halides is 3. The zero-order valence-electron chi connectivity index (χ0n) is 11.5. The minimum absolute atomic E-state index is 0.0379. The normalized spacial score (nSPS) is 25.0. The Hall–Kier alpha value is -1.12. The van der Waals surface area contributed by atoms with Gasteiger partial charge in [-0.3, -0.25) is 4.90 Å². The average molecular weight is 322 g/mol. The fourth-order valence-corrected chi connectivity index (χ4v) is 3.83. The highest BCUT2D eigenvalue weighted by molar-refractivity contribution is 7.89. The van der Waals surface area contributed by atoms with Gasteiger partial charge in [-0.05, 0) is 32.0 Å². The molecule has 118 valence electrons. The van der Waals surface area contributed by atoms with Crippen molar-refractivity contribution in [3.05, 3.63) is 30.3 Å². The molecule has 0 amide bonds. The van der Waals surface area contributed by atoms with Gasteiger partial charge in [0.05, 0.1) is 4.90 Å². The van der Waals surface area contributed by atoms with E-state index < -0.39 is 28.3 Å². The van der Waals surface area contributed by atoms with Gasteiger partial charge in [-0.1, -0.05) is 18.2 Å². The molecule has 1 aliphatic heterocycles. The second-order valence-electron chi connectivity index (χ2n) is 5.21. The highest BCUT2D eigenvalue weighted by Crippen LogP contribution is 2.31. The van der Waals surface area contributed by atoms with Gasteiger partial charge in [0.15, 0.2) is 0 Å². The Bertz CT molecular complexity index is 575. The highest BCUT2D eigenvalue weighted by atomic mass is 32.2. The van der Waals surface area contributed by atoms with Crippen molar-refractivity contribution in [2.75, 3.05) is 13.6 Å². The minimum atomic E-state index is -4.28. The van der Waals surface area contributed by atoms with Crippen molar-refractivity contribution in [1.82, 2.24) is 9.62 Å². The third-order valence-electron chi connectivity index (χ3n) is 3.58. The minimum Gasteiger partial charge on any atom is -0.294 e. The van der Waals surface area contributed by atoms with Crippen LogP contribution in [0.25, 0.3) is 0 Å². The van der Waals surface area contributed by atoms with Crippen LogP contribution in [-0.4, -0.2) is 45.2 Å². The largest absolute Gasteiger partial charge is 0.404 e. The van der Waals surface area contributed by atoms with E-state index in [1.807, 2.05) is 0 Å². The summed E-state index contributed by atoms with van der Waals surface area (Å²) in [5.74, 6) is 0. The summed E-state index contributed by atoms with van der Waals surface area (Å²) in [4.78, 5) is 1.27. The highest BCUT2D eigenvalue weighted by Gasteiger charge is 2.45. The molecule has 2 atom stereocenters. The number of hydrogen-bond acceptors (Lipinski definition) is 3. The molecule has 1 aromatic rings. The Balaban J connectivity index is 2.03. The molecule has 1 fully saturated rings. The zero-order chi connectivity index (χ0) is 15.7. The Kier molecular flexibility index (Phi) is 4.60. The van der Waals surface area contributed by atoms with Crippen molar-refractivity contribution in [3.8, 4) is 0 Å². The lowest BCUT2D eigenvalue weighted by atomic mass is 9.99. The number of likely N-dealkylation sites (N-methyl/N-ethyl adjacent to an activating group) is 1. The molecule has 1 saturated heterocycles. The number of benzene rings is 1. The average Bonchev–Trinajstić information content (AvgIpc) is 2.37. The van der Waals surface area contributed by atoms with E-state index in [1.165, 1.54) is 19.2 Å². The number of hydrogen-bond donors (Lipinski definition) is 1. The van der Waals surface area contributed by atoms with Crippen molar-refractivity contribution in [1.29, 1.82) is 0 Å². The van der Waals surface area contributed by atoms with E-state index in [1.54, 1.807) is 18.2 Å². The van der Waals surface area contributed by atoms with Gasteiger partial charge >= 0.3 is 6.18 Å². The van der Waals surface area contributed by atoms with Crippen molar-refractivity contribution in [3.63, 3.8) is 0 Å². The van der Waals surface area contributed by atoms with E-state index in [4.69, 9.17) is 0 Å². The number of likely N-dealkylation sites (tertiary alicyclic amines) is 1. The summed E-state index contributed by atoms with van der Waals surface area (Å²) in [6.45, 7) is 0.0379. The molecule has 0 spiro atoms. The first kappa shape index (κ1) is 16.3. The third-order valence-corrected chi connectivity index (χ3v) is 5.12. The van der Waals surface area contributed by atoms with Gasteiger partial charge in [0.25, 0.3) is 0 Å². The lowest BCUT2D eigenvalue weighted by molar-refractivity contribution is -0.188. The molecule has 1 heterocycles. The molecule has 8 heteroatoms. The first-order valence-electron chi connectivity index (χ1n) is 6.54. The predicted molar refractivity (Wildman–Crippen MR) is 72.3 cm³/mol. The maximum Gasteiger partial charge on any atom is 0.404 e. The van der Waals surface area contributed by atoms with Gasteiger partial charge in [-0.25, -0.2) is 13.1 Å². The number of sulfonamides is 1. The number of halogens is 3. The molecule has 0 aromatic heterocycles. The van der Waals surface area contributed by atoms with Crippen LogP contribution in [0.4, 0.5) is 13.2 Å². The molecule has 0 bridgehead atoms. The smallest absolute Gasteiger partial charge is 0.294 e. The van der Waals surface area contributed by atoms with Gasteiger partial charge < -0.3 is 0 Å². The second kappa shape index (κ2) is 5.94. The quantitative estimate of drug-likeness (QED) is 0.926. The van der Waals surface area contributed by atoms with Crippen molar-refractivity contribution >= 4 is 10.0 Å². The Morgan fingerprint density at radius 3 is 2.33 bits per heavy atom. The van der Waals surface area contributed by atoms with Crippen LogP contribution in [0.15, 0.2) is 35.2 Å². The van der Waals surface area contributed by atoms with E-state index in [2.05, 4.69) is 4.72 Å². The number of nitrogens with zero attached hydrogens (tertiary/aromatic N) is 1. The Morgan fingerprint density at radius 2 is 1.81 bits per heavy atom. The van der Waals surface area contributed by atoms with Crippen LogP contribution >= 0.6 is 0 Å². The van der Waals surface area contributed by atoms with Crippen molar-refractivity contribution in [2.45, 2.75) is 36.0 Å². The topological polar surface area (TPSA) is 49.4 Å². The maximum atomic E-state index is 12.7. The monoisotopic (exact) mass is 322 g/mol. The van der Waals surface area contributed by atoms with E-state index in [0.29, 0.717) is 0 Å². The summed E-state index contributed by atoms with van der Waals surface area (Å²) in [7, 11) is -2.33. The lowest BCUT2D eigenvalue weighted by Crippen LogP contribution is -2.54. The van der Waals surface area contributed by atoms with E-state index in [0.717, 1.165) is 4.90 Å². The summed E-state index contributed by atoms with van der Waals surface area (Å²) < 4.78 is 65.0. The summed E-state index contributed by atoms with van der Waals surface area (Å²) >= 11 is 0. The summed E-state index contributed by atoms with van der Waals surface area (Å²) in [6.07, 6.45) is -4.22. The van der Waals surface area contributed by atoms with Crippen LogP contribution in [-0.2, 0) is 10.0 Å². The molecule has 1 aliphatic rings. The molecule has 4 nitrogen and oxygen atoms in total. The molecule has 0 radical (unpaired) electrons. The first-order chi connectivity index (χ1) is 9.70. The standard InChI is InChI=1S/C13H17F3N2O2S/c1-18-9-10(7-8-12(18)13(14,15)16)17-21(19,20)11-5-3-2-4-6-11/h2-6,10,12,17H,7-9H2,1H3/t10-,12+/m1/s1. The molecule has 2 rings (SSSR count). The molecule has 21 heavy (non-hydrogen) atoms. The van der Waals surface area contributed by atoms with Crippen molar-refractivity contribution in [2.24, 2.45) is 0 Å². The van der Waals surface area contributed by atoms with Crippen LogP contribution in [0.5, 0.6) is 0 Å². The van der Waals surface area contributed by atoms with Gasteiger partial charge in [-0.2, -0.15) is 13.2 Å². The summed E-state index contributed by atoms with van der Waals surface area (Å²) in [5.41, 5.74) is 0. The number of nitrogens with one attached hydrogen (secondary N) is 1. The van der Waals surface area contributed by atoms with Gasteiger partial charge in [0, 0.05) is 12.6 Å². The maximum absolute atomic E-state index is 12.7. The van der Waals surface area contributed by atoms with Crippen LogP contribution < -0.4 is 4.72 Å². The molecule has 0 unspecified atom stereocenters. The van der Waals surface area contributed by atoms with Crippen LogP contribution in [0, 0.1) is 0 Å². The SMILES string of the molecule is CN1C[C@H](NS(=O)(=O)c2ccccc2)CC[C@H]1C(F)(F)F. The Labute approximate surface area is 122 Å². The van der Waals surface area contributed by atoms with Gasteiger partial charge in [0.2, 0.25) is 10.0 Å². The second-order valence-corrected chi connectivity index (χ2v) is 6.92. The fourth-order valence-electron chi connectivity index (χ4n) is 2.54. The van der Waals surface area contributed by atoms with Crippen molar-refractivity contribution < 1.29 is 21.6 Å². The first-order valence-corrected chi connectivity index (χ1v) is 8.03. The molecule has 1 aromatic carbocycles. The summed E-state index contributed by atoms with van der Waals surface area (Å²) in [6, 6.07) is 5.78. The number of piperidine rings is 1. The van der Waals surface area contributed by atoms with Gasteiger partial charge in [-0.15, -0.1) is 0 Å². The summed E-state index contributed by atoms with van der Waals surface area (Å²) in [5, 5.41) is 0. The van der Waals surface area contributed by atoms with E-state index in [-0.39, 0.29) is 24.3 Å². The molecular formula is C13H17F3N2O2S. The fraction of sp³-hybridized carbons (Fsp3) is 0.538. The predicted octanol–water partition coefficient (Wildman–Crippen LogP) is 1.99. The van der Waals surface area contributed by atoms with Crippen LogP contribution in [0.3, 0.4) is 0 Å². The van der Waals surface area contributed by atoms with E-state index in [9.17, 15) is 21.6 Å². The third kappa shape index (κ3) is 3.96. The zero-order valence-corrected chi connectivity index (χ0v) is 12.3. The van der Waals surface area contributed by atoms with Gasteiger partial charge in [0.1, 0.15) is 6.04 Å². The molecule has 1 N–H and O–H groups in total.